The van der Waals surface area contributed by atoms with Gasteiger partial charge in [-0.2, -0.15) is 0 Å². The van der Waals surface area contributed by atoms with Gasteiger partial charge in [-0.05, 0) is 44.2 Å². The largest absolute Gasteiger partial charge is 0.316 e. The molecule has 0 bridgehead atoms. The lowest BCUT2D eigenvalue weighted by molar-refractivity contribution is 0.259. The molecule has 8 heteroatoms. The second-order valence-corrected chi connectivity index (χ2v) is 10.3. The van der Waals surface area contributed by atoms with Crippen LogP contribution in [-0.4, -0.2) is 65.1 Å². The smallest absolute Gasteiger partial charge is 0.211 e. The third-order valence-corrected chi connectivity index (χ3v) is 7.25. The van der Waals surface area contributed by atoms with E-state index in [1.807, 2.05) is 0 Å². The van der Waals surface area contributed by atoms with E-state index in [0.29, 0.717) is 37.1 Å². The van der Waals surface area contributed by atoms with Crippen molar-refractivity contribution in [3.8, 4) is 0 Å². The third kappa shape index (κ3) is 4.68. The topological polar surface area (TPSA) is 83.6 Å². The van der Waals surface area contributed by atoms with Gasteiger partial charge in [0.1, 0.15) is 0 Å². The molecule has 2 unspecified atom stereocenters. The van der Waals surface area contributed by atoms with Gasteiger partial charge in [-0.25, -0.2) is 21.1 Å². The number of piperidine rings is 1. The molecule has 2 atom stereocenters. The van der Waals surface area contributed by atoms with Crippen LogP contribution < -0.4 is 5.32 Å². The highest BCUT2D eigenvalue weighted by Crippen LogP contribution is 2.19. The van der Waals surface area contributed by atoms with E-state index in [2.05, 4.69) is 5.32 Å². The van der Waals surface area contributed by atoms with Crippen molar-refractivity contribution in [2.45, 2.75) is 19.3 Å². The van der Waals surface area contributed by atoms with Crippen LogP contribution >= 0.6 is 0 Å². The van der Waals surface area contributed by atoms with Crippen LogP contribution in [0.25, 0.3) is 0 Å². The van der Waals surface area contributed by atoms with Crippen LogP contribution in [0.4, 0.5) is 0 Å². The normalized spacial score (nSPS) is 31.4. The average molecular weight is 324 g/mol. The molecule has 0 saturated carbocycles. The fourth-order valence-corrected chi connectivity index (χ4v) is 5.82. The summed E-state index contributed by atoms with van der Waals surface area (Å²) in [6.45, 7) is 2.68. The summed E-state index contributed by atoms with van der Waals surface area (Å²) in [5.41, 5.74) is 0. The number of hydrogen-bond acceptors (Lipinski definition) is 5. The lowest BCUT2D eigenvalue weighted by atomic mass is 9.99. The van der Waals surface area contributed by atoms with E-state index in [1.165, 1.54) is 6.26 Å². The average Bonchev–Trinajstić information content (AvgIpc) is 2.68. The van der Waals surface area contributed by atoms with E-state index >= 15 is 0 Å². The molecule has 2 rings (SSSR count). The Morgan fingerprint density at radius 1 is 1.20 bits per heavy atom. The van der Waals surface area contributed by atoms with Crippen LogP contribution in [0.15, 0.2) is 0 Å². The van der Waals surface area contributed by atoms with Crippen molar-refractivity contribution in [3.05, 3.63) is 0 Å². The Morgan fingerprint density at radius 3 is 2.50 bits per heavy atom. The van der Waals surface area contributed by atoms with Gasteiger partial charge in [0.25, 0.3) is 0 Å². The van der Waals surface area contributed by atoms with Gasteiger partial charge in [-0.15, -0.1) is 0 Å². The molecule has 0 amide bonds. The maximum absolute atomic E-state index is 11.5. The zero-order chi connectivity index (χ0) is 14.8. The molecular weight excluding hydrogens is 300 g/mol. The third-order valence-electron chi connectivity index (χ3n) is 4.14. The first kappa shape index (κ1) is 16.2. The Morgan fingerprint density at radius 2 is 1.90 bits per heavy atom. The van der Waals surface area contributed by atoms with Crippen LogP contribution in [-0.2, 0) is 19.9 Å². The fourth-order valence-electron chi connectivity index (χ4n) is 3.02. The van der Waals surface area contributed by atoms with Crippen LogP contribution in [0.2, 0.25) is 0 Å². The van der Waals surface area contributed by atoms with Gasteiger partial charge in [-0.1, -0.05) is 0 Å². The fraction of sp³-hybridized carbons (Fsp3) is 1.00. The van der Waals surface area contributed by atoms with Gasteiger partial charge in [-0.3, -0.25) is 0 Å². The number of nitrogens with zero attached hydrogens (tertiary/aromatic N) is 1. The molecule has 2 heterocycles. The van der Waals surface area contributed by atoms with Crippen molar-refractivity contribution in [3.63, 3.8) is 0 Å². The number of nitrogens with one attached hydrogen (secondary N) is 1. The molecule has 2 aliphatic heterocycles. The lowest BCUT2D eigenvalue weighted by Crippen LogP contribution is -2.42. The van der Waals surface area contributed by atoms with E-state index in [0.717, 1.165) is 25.8 Å². The lowest BCUT2D eigenvalue weighted by Gasteiger charge is -2.31. The number of sulfone groups is 1. The highest BCUT2D eigenvalue weighted by Gasteiger charge is 2.28. The first-order valence-electron chi connectivity index (χ1n) is 7.12. The second-order valence-electron chi connectivity index (χ2n) is 6.06. The number of sulfonamides is 1. The van der Waals surface area contributed by atoms with Crippen molar-refractivity contribution in [2.75, 3.05) is 43.9 Å². The van der Waals surface area contributed by atoms with E-state index in [4.69, 9.17) is 0 Å². The molecule has 118 valence electrons. The van der Waals surface area contributed by atoms with Gasteiger partial charge in [0.15, 0.2) is 9.84 Å². The zero-order valence-corrected chi connectivity index (χ0v) is 13.5. The summed E-state index contributed by atoms with van der Waals surface area (Å²) in [7, 11) is -5.90. The molecule has 2 fully saturated rings. The Hall–Kier alpha value is -0.180. The van der Waals surface area contributed by atoms with E-state index in [9.17, 15) is 16.8 Å². The Bertz CT molecular complexity index is 530. The van der Waals surface area contributed by atoms with Gasteiger partial charge in [0.2, 0.25) is 10.0 Å². The summed E-state index contributed by atoms with van der Waals surface area (Å²) >= 11 is 0. The van der Waals surface area contributed by atoms with Gasteiger partial charge in [0, 0.05) is 13.1 Å². The van der Waals surface area contributed by atoms with Gasteiger partial charge >= 0.3 is 0 Å². The van der Waals surface area contributed by atoms with Gasteiger partial charge < -0.3 is 5.32 Å². The summed E-state index contributed by atoms with van der Waals surface area (Å²) in [5.74, 6) is 1.15. The summed E-state index contributed by atoms with van der Waals surface area (Å²) in [4.78, 5) is 0. The van der Waals surface area contributed by atoms with Crippen molar-refractivity contribution in [1.82, 2.24) is 9.62 Å². The molecular formula is C12H24N2O4S2. The Balaban J connectivity index is 1.72. The van der Waals surface area contributed by atoms with Crippen LogP contribution in [0.5, 0.6) is 0 Å². The molecule has 6 nitrogen and oxygen atoms in total. The molecule has 20 heavy (non-hydrogen) atoms. The van der Waals surface area contributed by atoms with Crippen molar-refractivity contribution in [2.24, 2.45) is 11.8 Å². The SMILES string of the molecule is CS(=O)(=O)N1CCCC(CNCC2CCS(=O)(=O)C2)C1. The van der Waals surface area contributed by atoms with Crippen molar-refractivity contribution < 1.29 is 16.8 Å². The van der Waals surface area contributed by atoms with E-state index in [1.54, 1.807) is 4.31 Å². The summed E-state index contributed by atoms with van der Waals surface area (Å²) in [5, 5.41) is 3.32. The maximum Gasteiger partial charge on any atom is 0.211 e. The van der Waals surface area contributed by atoms with E-state index in [-0.39, 0.29) is 5.92 Å². The monoisotopic (exact) mass is 324 g/mol. The minimum Gasteiger partial charge on any atom is -0.316 e. The molecule has 0 aliphatic carbocycles. The molecule has 2 aliphatic rings. The molecule has 0 aromatic rings. The first-order chi connectivity index (χ1) is 9.26. The predicted molar refractivity (Wildman–Crippen MR) is 78.8 cm³/mol. The molecule has 0 radical (unpaired) electrons. The van der Waals surface area contributed by atoms with E-state index < -0.39 is 19.9 Å². The summed E-state index contributed by atoms with van der Waals surface area (Å²) in [6.07, 6.45) is 3.93. The molecule has 1 N–H and O–H groups in total. The Kier molecular flexibility index (Phi) is 5.09. The summed E-state index contributed by atoms with van der Waals surface area (Å²) < 4.78 is 47.3. The molecule has 0 spiro atoms. The second kappa shape index (κ2) is 6.29. The van der Waals surface area contributed by atoms with Crippen LogP contribution in [0, 0.1) is 11.8 Å². The number of hydrogen-bond donors (Lipinski definition) is 1. The molecule has 2 saturated heterocycles. The Labute approximate surface area is 121 Å². The highest BCUT2D eigenvalue weighted by atomic mass is 32.2. The zero-order valence-electron chi connectivity index (χ0n) is 11.9. The van der Waals surface area contributed by atoms with Crippen molar-refractivity contribution >= 4 is 19.9 Å². The minimum absolute atomic E-state index is 0.217. The quantitative estimate of drug-likeness (QED) is 0.749. The van der Waals surface area contributed by atoms with Crippen LogP contribution in [0.1, 0.15) is 19.3 Å². The summed E-state index contributed by atoms with van der Waals surface area (Å²) in [6, 6.07) is 0. The minimum atomic E-state index is -3.09. The van der Waals surface area contributed by atoms with Crippen LogP contribution in [0.3, 0.4) is 0 Å². The van der Waals surface area contributed by atoms with Crippen molar-refractivity contribution in [1.29, 1.82) is 0 Å². The molecule has 0 aromatic carbocycles. The standard InChI is InChI=1S/C12H24N2O4S2/c1-19(15,16)14-5-2-3-11(9-14)7-13-8-12-4-6-20(17,18)10-12/h11-13H,2-10H2,1H3. The number of rotatable bonds is 5. The molecule has 0 aromatic heterocycles. The maximum atomic E-state index is 11.5. The van der Waals surface area contributed by atoms with Gasteiger partial charge in [0.05, 0.1) is 17.8 Å². The predicted octanol–water partition coefficient (Wildman–Crippen LogP) is -0.318. The first-order valence-corrected chi connectivity index (χ1v) is 10.8. The highest BCUT2D eigenvalue weighted by molar-refractivity contribution is 7.91.